The fourth-order valence-electron chi connectivity index (χ4n) is 12.2. The number of aromatic nitrogens is 4. The number of nitrogens with one attached hydrogen (secondary N) is 2. The van der Waals surface area contributed by atoms with Crippen LogP contribution >= 0.6 is 127 Å². The first-order valence-electron chi connectivity index (χ1n) is 32.2. The number of benzene rings is 12. The number of nitrogens with zero attached hydrogens (tertiary/aromatic N) is 2. The van der Waals surface area contributed by atoms with Crippen molar-refractivity contribution in [2.24, 2.45) is 0 Å². The molecule has 12 nitrogen and oxygen atoms in total. The van der Waals surface area contributed by atoms with Crippen LogP contribution in [0.2, 0.25) is 0 Å². The summed E-state index contributed by atoms with van der Waals surface area (Å²) in [4.78, 5) is 19.1. The highest BCUT2D eigenvalue weighted by atomic mass is 79.9. The van der Waals surface area contributed by atoms with Gasteiger partial charge in [-0.15, -0.1) is 0 Å². The van der Waals surface area contributed by atoms with Gasteiger partial charge in [-0.1, -0.05) is 127 Å². The Balaban J connectivity index is 0.985. The first kappa shape index (κ1) is 67.7. The maximum absolute atomic E-state index is 6.88. The molecule has 0 unspecified atom stereocenters. The van der Waals surface area contributed by atoms with E-state index in [1.165, 1.54) is 0 Å². The van der Waals surface area contributed by atoms with Gasteiger partial charge in [0.2, 0.25) is 0 Å². The van der Waals surface area contributed by atoms with E-state index in [1.54, 1.807) is 0 Å². The molecule has 20 heteroatoms. The molecule has 3 aromatic heterocycles. The molecule has 5 heterocycles. The Hall–Kier alpha value is -9.48. The second-order valence-electron chi connectivity index (χ2n) is 24.1. The second-order valence-corrected chi connectivity index (χ2v) is 31.4. The fourth-order valence-corrected chi connectivity index (χ4v) is 14.3. The normalized spacial score (nSPS) is 11.5. The summed E-state index contributed by atoms with van der Waals surface area (Å²) >= 11 is 29.0. The predicted octanol–water partition coefficient (Wildman–Crippen LogP) is 29.7. The maximum atomic E-state index is 6.88. The van der Waals surface area contributed by atoms with Crippen molar-refractivity contribution >= 4 is 171 Å². The molecule has 17 rings (SSSR count). The van der Waals surface area contributed by atoms with Crippen LogP contribution in [-0.2, 0) is 0 Å². The number of halogens is 8. The number of fused-ring (bicyclic) bond motifs is 20. The van der Waals surface area contributed by atoms with E-state index in [0.717, 1.165) is 79.6 Å². The molecule has 0 atom stereocenters. The molecule has 506 valence electrons. The predicted molar refractivity (Wildman–Crippen MR) is 439 cm³/mol. The van der Waals surface area contributed by atoms with Crippen LogP contribution in [0.5, 0.6) is 92.0 Å². The van der Waals surface area contributed by atoms with Gasteiger partial charge in [-0.05, 0) is 267 Å². The topological polar surface area (TPSA) is 131 Å². The molecule has 8 bridgehead atoms. The molecule has 0 radical (unpaired) electrons. The fraction of sp³-hybridized carbons (Fsp3) is 0. The van der Waals surface area contributed by atoms with E-state index in [-0.39, 0.29) is 0 Å². The number of hydrogen-bond donors (Lipinski definition) is 2. The van der Waals surface area contributed by atoms with Gasteiger partial charge in [-0.25, -0.2) is 9.97 Å². The van der Waals surface area contributed by atoms with Crippen molar-refractivity contribution < 1.29 is 37.9 Å². The molecule has 2 aliphatic heterocycles. The molecule has 0 saturated carbocycles. The lowest BCUT2D eigenvalue weighted by molar-refractivity contribution is 0.419. The summed E-state index contributed by atoms with van der Waals surface area (Å²) in [5, 5.41) is 3.13. The lowest BCUT2D eigenvalue weighted by atomic mass is 10.0. The summed E-state index contributed by atoms with van der Waals surface area (Å²) in [6, 6.07) is 85.7. The SMILES string of the molecule is Brc1ccc(Oc2cc3c(cc2Oc2ccc(Br)cc2)-c2cc4[nH]c(cc5nc(cc6[nH]c(cc-3n2)c2cc(Oc3ccc(Br)cc3)c(Oc3ccc(Br)cc3)cc62)-c2cc(Oc3ccc(Br)cc3)c(Oc3ccc(Br)cc3)cc2-5)c2cc(Oc3ccc(Br)cc3)c(Oc3ccc(Br)cc3)cc42)cc1. The molecule has 0 fully saturated rings. The first-order valence-corrected chi connectivity index (χ1v) is 38.5. The van der Waals surface area contributed by atoms with Crippen LogP contribution in [0.1, 0.15) is 0 Å². The summed E-state index contributed by atoms with van der Waals surface area (Å²) in [5.41, 5.74) is 8.21. The number of ether oxygens (including phenoxy) is 8. The van der Waals surface area contributed by atoms with Crippen molar-refractivity contribution in [1.82, 2.24) is 19.9 Å². The van der Waals surface area contributed by atoms with Crippen molar-refractivity contribution in [3.63, 3.8) is 0 Å². The lowest BCUT2D eigenvalue weighted by Crippen LogP contribution is -1.92. The van der Waals surface area contributed by atoms with Crippen molar-refractivity contribution in [3.05, 3.63) is 303 Å². The minimum absolute atomic E-state index is 0.446. The summed E-state index contributed by atoms with van der Waals surface area (Å²) in [7, 11) is 0. The Morgan fingerprint density at radius 2 is 0.327 bits per heavy atom. The molecule has 0 spiro atoms. The molecular weight excluding hydrogens is 1830 g/mol. The molecular formula is C84H46Br8N4O8. The standard InChI is InChI=1S/C84H46Br8N4O8/c85-45-1-17-53(18-2-45)97-77-33-61-62(34-78(77)98-54-19-3-46(86)4-20-54)70-42-72-65-37-81(101-57-25-9-49(89)10-26-57)82(102-58-27-11-50(90)12-28-58)38-66(65)74(95-72)44-76-68-40-84(104-60-31-15-52(92)16-32-60)83(103-59-29-13-51(91)14-30-59)39-67(68)75(96-76)43-73-64-36-80(100-56-23-7-48(88)8-24-56)79(99-55-21-5-47(87)6-22-55)35-63(64)71(94-73)41-69(61)93-70/h1-44,93,96H. The first-order chi connectivity index (χ1) is 50.6. The molecule has 0 saturated heterocycles. The molecule has 0 aliphatic carbocycles. The zero-order valence-electron chi connectivity index (χ0n) is 53.6. The molecule has 0 amide bonds. The van der Waals surface area contributed by atoms with Gasteiger partial charge in [0, 0.05) is 102 Å². The number of H-pyrrole nitrogens is 2. The Kier molecular flexibility index (Phi) is 18.8. The van der Waals surface area contributed by atoms with Crippen LogP contribution in [0.4, 0.5) is 0 Å². The molecule has 12 aromatic carbocycles. The van der Waals surface area contributed by atoms with E-state index >= 15 is 0 Å². The summed E-state index contributed by atoms with van der Waals surface area (Å²) in [6.07, 6.45) is 0. The van der Waals surface area contributed by atoms with Gasteiger partial charge >= 0.3 is 0 Å². The summed E-state index contributed by atoms with van der Waals surface area (Å²) < 4.78 is 62.3. The van der Waals surface area contributed by atoms with Crippen LogP contribution in [0, 0.1) is 0 Å². The Bertz CT molecular complexity index is 5310. The minimum atomic E-state index is 0.446. The van der Waals surface area contributed by atoms with Gasteiger partial charge in [0.25, 0.3) is 0 Å². The van der Waals surface area contributed by atoms with E-state index in [0.29, 0.717) is 137 Å². The largest absolute Gasteiger partial charge is 0.453 e. The number of aromatic amines is 2. The third-order valence-corrected chi connectivity index (χ3v) is 21.3. The molecule has 15 aromatic rings. The number of rotatable bonds is 16. The van der Waals surface area contributed by atoms with Crippen molar-refractivity contribution in [2.75, 3.05) is 0 Å². The third kappa shape index (κ3) is 14.6. The highest BCUT2D eigenvalue weighted by Gasteiger charge is 2.27. The van der Waals surface area contributed by atoms with E-state index < -0.39 is 0 Å². The van der Waals surface area contributed by atoms with Gasteiger partial charge in [0.1, 0.15) is 46.0 Å². The van der Waals surface area contributed by atoms with E-state index in [2.05, 4.69) is 162 Å². The van der Waals surface area contributed by atoms with Crippen molar-refractivity contribution in [3.8, 4) is 137 Å². The van der Waals surface area contributed by atoms with Crippen molar-refractivity contribution in [2.45, 2.75) is 0 Å². The van der Waals surface area contributed by atoms with Crippen LogP contribution in [-0.4, -0.2) is 19.9 Å². The van der Waals surface area contributed by atoms with E-state index in [9.17, 15) is 0 Å². The van der Waals surface area contributed by atoms with Crippen LogP contribution < -0.4 is 37.9 Å². The Morgan fingerprint density at radius 3 is 0.481 bits per heavy atom. The number of hydrogen-bond acceptors (Lipinski definition) is 10. The third-order valence-electron chi connectivity index (χ3n) is 17.1. The van der Waals surface area contributed by atoms with E-state index in [1.807, 2.05) is 243 Å². The smallest absolute Gasteiger partial charge is 0.170 e. The minimum Gasteiger partial charge on any atom is -0.453 e. The van der Waals surface area contributed by atoms with Crippen LogP contribution in [0.25, 0.3) is 88.6 Å². The summed E-state index contributed by atoms with van der Waals surface area (Å²) in [6.45, 7) is 0. The van der Waals surface area contributed by atoms with Gasteiger partial charge in [0.05, 0.1) is 22.8 Å². The van der Waals surface area contributed by atoms with Gasteiger partial charge in [-0.2, -0.15) is 0 Å². The molecule has 104 heavy (non-hydrogen) atoms. The zero-order chi connectivity index (χ0) is 70.7. The maximum Gasteiger partial charge on any atom is 0.170 e. The monoisotopic (exact) mass is 1870 g/mol. The molecule has 2 aliphatic rings. The summed E-state index contributed by atoms with van der Waals surface area (Å²) in [5.74, 6) is 8.33. The lowest BCUT2D eigenvalue weighted by Gasteiger charge is -2.15. The quantitative estimate of drug-likeness (QED) is 0.0964. The zero-order valence-corrected chi connectivity index (χ0v) is 66.3. The highest BCUT2D eigenvalue weighted by Crippen LogP contribution is 2.52. The highest BCUT2D eigenvalue weighted by molar-refractivity contribution is 9.11. The van der Waals surface area contributed by atoms with E-state index in [4.69, 9.17) is 47.9 Å². The average molecular weight is 1880 g/mol. The van der Waals surface area contributed by atoms with Crippen LogP contribution in [0.15, 0.2) is 303 Å². The van der Waals surface area contributed by atoms with Gasteiger partial charge < -0.3 is 47.9 Å². The average Bonchev–Trinajstić information content (AvgIpc) is 1.59. The second kappa shape index (κ2) is 28.9. The van der Waals surface area contributed by atoms with Crippen LogP contribution in [0.3, 0.4) is 0 Å². The Labute approximate surface area is 662 Å². The molecule has 2 N–H and O–H groups in total. The van der Waals surface area contributed by atoms with Gasteiger partial charge in [-0.3, -0.25) is 0 Å². The Morgan fingerprint density at radius 1 is 0.183 bits per heavy atom. The van der Waals surface area contributed by atoms with Gasteiger partial charge in [0.15, 0.2) is 46.0 Å². The van der Waals surface area contributed by atoms with Crippen molar-refractivity contribution in [1.29, 1.82) is 0 Å².